The van der Waals surface area contributed by atoms with E-state index in [0.29, 0.717) is 25.6 Å². The van der Waals surface area contributed by atoms with Crippen LogP contribution in [-0.4, -0.2) is 47.5 Å². The molecule has 6 heteroatoms. The van der Waals surface area contributed by atoms with E-state index in [1.807, 2.05) is 24.3 Å². The lowest BCUT2D eigenvalue weighted by Crippen LogP contribution is -2.46. The average Bonchev–Trinajstić information content (AvgIpc) is 2.79. The van der Waals surface area contributed by atoms with Gasteiger partial charge < -0.3 is 15.1 Å². The van der Waals surface area contributed by atoms with Gasteiger partial charge in [0.1, 0.15) is 5.82 Å². The Bertz CT molecular complexity index is 951. The predicted molar refractivity (Wildman–Crippen MR) is 116 cm³/mol. The number of aryl methyl sites for hydroxylation is 1. The van der Waals surface area contributed by atoms with Crippen molar-refractivity contribution in [1.82, 2.24) is 14.9 Å². The molecule has 1 aromatic heterocycles. The minimum atomic E-state index is 0.689. The highest BCUT2D eigenvalue weighted by molar-refractivity contribution is 5.64. The highest BCUT2D eigenvalue weighted by Gasteiger charge is 2.19. The summed E-state index contributed by atoms with van der Waals surface area (Å²) in [4.78, 5) is 24.5. The molecule has 1 amide bonds. The van der Waals surface area contributed by atoms with Crippen LogP contribution in [0.2, 0.25) is 0 Å². The van der Waals surface area contributed by atoms with Crippen LogP contribution < -0.4 is 10.2 Å². The van der Waals surface area contributed by atoms with E-state index in [4.69, 9.17) is 9.97 Å². The Morgan fingerprint density at radius 1 is 0.966 bits per heavy atom. The Hall–Kier alpha value is -3.41. The van der Waals surface area contributed by atoms with Gasteiger partial charge in [-0.25, -0.2) is 4.98 Å². The average molecular weight is 387 g/mol. The molecule has 1 aliphatic rings. The molecule has 0 aliphatic carbocycles. The molecule has 1 aliphatic heterocycles. The zero-order valence-electron chi connectivity index (χ0n) is 16.6. The van der Waals surface area contributed by atoms with Gasteiger partial charge in [0, 0.05) is 44.4 Å². The van der Waals surface area contributed by atoms with Crippen molar-refractivity contribution in [1.29, 1.82) is 0 Å². The fourth-order valence-corrected chi connectivity index (χ4v) is 3.35. The largest absolute Gasteiger partial charge is 0.366 e. The predicted octanol–water partition coefficient (Wildman–Crippen LogP) is 3.34. The normalized spacial score (nSPS) is 14.0. The molecule has 0 unspecified atom stereocenters. The monoisotopic (exact) mass is 387 g/mol. The Kier molecular flexibility index (Phi) is 5.70. The number of amides is 1. The summed E-state index contributed by atoms with van der Waals surface area (Å²) < 4.78 is 0. The summed E-state index contributed by atoms with van der Waals surface area (Å²) in [6, 6.07) is 20.6. The molecular weight excluding hydrogens is 362 g/mol. The third kappa shape index (κ3) is 4.71. The lowest BCUT2D eigenvalue weighted by molar-refractivity contribution is -0.118. The molecule has 0 saturated carbocycles. The fraction of sp³-hybridized carbons (Fsp3) is 0.261. The molecule has 0 radical (unpaired) electrons. The summed E-state index contributed by atoms with van der Waals surface area (Å²) in [7, 11) is 0. The first-order valence-corrected chi connectivity index (χ1v) is 9.89. The lowest BCUT2D eigenvalue weighted by Gasteiger charge is -2.32. The second kappa shape index (κ2) is 8.73. The van der Waals surface area contributed by atoms with Crippen LogP contribution in [0.3, 0.4) is 0 Å². The number of hydrogen-bond donors (Lipinski definition) is 1. The van der Waals surface area contributed by atoms with E-state index in [1.165, 1.54) is 11.1 Å². The SMILES string of the molecule is Cc1ccc(CNc2cc(-c3ccccc3)nc(N3CCN(C=O)CC3)n2)cc1. The van der Waals surface area contributed by atoms with E-state index < -0.39 is 0 Å². The first-order valence-electron chi connectivity index (χ1n) is 9.89. The van der Waals surface area contributed by atoms with Gasteiger partial charge >= 0.3 is 0 Å². The van der Waals surface area contributed by atoms with Gasteiger partial charge in [-0.2, -0.15) is 4.98 Å². The second-order valence-corrected chi connectivity index (χ2v) is 7.27. The highest BCUT2D eigenvalue weighted by Crippen LogP contribution is 2.24. The first-order chi connectivity index (χ1) is 14.2. The van der Waals surface area contributed by atoms with Crippen LogP contribution in [0.1, 0.15) is 11.1 Å². The number of nitrogens with one attached hydrogen (secondary N) is 1. The number of carbonyl (C=O) groups is 1. The third-order valence-corrected chi connectivity index (χ3v) is 5.12. The van der Waals surface area contributed by atoms with Crippen molar-refractivity contribution < 1.29 is 4.79 Å². The van der Waals surface area contributed by atoms with Crippen LogP contribution in [0.15, 0.2) is 60.7 Å². The summed E-state index contributed by atoms with van der Waals surface area (Å²) in [5, 5.41) is 3.45. The van der Waals surface area contributed by atoms with Crippen LogP contribution >= 0.6 is 0 Å². The molecule has 148 valence electrons. The summed E-state index contributed by atoms with van der Waals surface area (Å²) in [6.07, 6.45) is 0.910. The van der Waals surface area contributed by atoms with E-state index >= 15 is 0 Å². The number of carbonyl (C=O) groups excluding carboxylic acids is 1. The first kappa shape index (κ1) is 18.9. The minimum Gasteiger partial charge on any atom is -0.366 e. The molecule has 1 saturated heterocycles. The molecule has 4 rings (SSSR count). The molecule has 6 nitrogen and oxygen atoms in total. The lowest BCUT2D eigenvalue weighted by atomic mass is 10.1. The maximum Gasteiger partial charge on any atom is 0.227 e. The number of anilines is 2. The van der Waals surface area contributed by atoms with Gasteiger partial charge in [-0.3, -0.25) is 4.79 Å². The van der Waals surface area contributed by atoms with Crippen LogP contribution in [-0.2, 0) is 11.3 Å². The van der Waals surface area contributed by atoms with Crippen molar-refractivity contribution in [2.45, 2.75) is 13.5 Å². The van der Waals surface area contributed by atoms with E-state index in [-0.39, 0.29) is 0 Å². The van der Waals surface area contributed by atoms with Crippen molar-refractivity contribution >= 4 is 18.2 Å². The fourth-order valence-electron chi connectivity index (χ4n) is 3.35. The number of benzene rings is 2. The van der Waals surface area contributed by atoms with Crippen molar-refractivity contribution in [3.05, 3.63) is 71.8 Å². The Balaban J connectivity index is 1.59. The summed E-state index contributed by atoms with van der Waals surface area (Å²) in [5.41, 5.74) is 4.40. The van der Waals surface area contributed by atoms with Crippen molar-refractivity contribution in [3.63, 3.8) is 0 Å². The van der Waals surface area contributed by atoms with E-state index in [0.717, 1.165) is 36.6 Å². The van der Waals surface area contributed by atoms with Gasteiger partial charge in [-0.15, -0.1) is 0 Å². The van der Waals surface area contributed by atoms with Gasteiger partial charge in [0.05, 0.1) is 5.69 Å². The van der Waals surface area contributed by atoms with Crippen LogP contribution in [0.5, 0.6) is 0 Å². The van der Waals surface area contributed by atoms with Gasteiger partial charge in [0.25, 0.3) is 0 Å². The number of rotatable bonds is 6. The molecule has 1 N–H and O–H groups in total. The molecule has 0 bridgehead atoms. The van der Waals surface area contributed by atoms with E-state index in [2.05, 4.69) is 53.5 Å². The third-order valence-electron chi connectivity index (χ3n) is 5.12. The number of nitrogens with zero attached hydrogens (tertiary/aromatic N) is 4. The highest BCUT2D eigenvalue weighted by atomic mass is 16.1. The summed E-state index contributed by atoms with van der Waals surface area (Å²) >= 11 is 0. The van der Waals surface area contributed by atoms with Crippen LogP contribution in [0, 0.1) is 6.92 Å². The number of aromatic nitrogens is 2. The van der Waals surface area contributed by atoms with E-state index in [1.54, 1.807) is 4.90 Å². The molecule has 29 heavy (non-hydrogen) atoms. The van der Waals surface area contributed by atoms with Gasteiger partial charge in [0.2, 0.25) is 12.4 Å². The van der Waals surface area contributed by atoms with Gasteiger partial charge in [0.15, 0.2) is 0 Å². The zero-order valence-corrected chi connectivity index (χ0v) is 16.6. The molecule has 0 spiro atoms. The maximum absolute atomic E-state index is 11.0. The maximum atomic E-state index is 11.0. The zero-order chi connectivity index (χ0) is 20.1. The molecule has 0 atom stereocenters. The van der Waals surface area contributed by atoms with Gasteiger partial charge in [-0.1, -0.05) is 60.2 Å². The summed E-state index contributed by atoms with van der Waals surface area (Å²) in [5.74, 6) is 1.50. The minimum absolute atomic E-state index is 0.689. The van der Waals surface area contributed by atoms with Crippen molar-refractivity contribution in [2.75, 3.05) is 36.4 Å². The smallest absolute Gasteiger partial charge is 0.227 e. The standard InChI is InChI=1S/C23H25N5O/c1-18-7-9-19(10-8-18)16-24-22-15-21(20-5-3-2-4-6-20)25-23(26-22)28-13-11-27(17-29)12-14-28/h2-10,15,17H,11-14,16H2,1H3,(H,24,25,26). The molecule has 1 fully saturated rings. The Morgan fingerprint density at radius 2 is 1.69 bits per heavy atom. The second-order valence-electron chi connectivity index (χ2n) is 7.27. The molecule has 2 heterocycles. The quantitative estimate of drug-likeness (QED) is 0.658. The molecular formula is C23H25N5O. The Morgan fingerprint density at radius 3 is 2.38 bits per heavy atom. The van der Waals surface area contributed by atoms with Crippen LogP contribution in [0.25, 0.3) is 11.3 Å². The molecule has 3 aromatic rings. The number of hydrogen-bond acceptors (Lipinski definition) is 5. The number of piperazine rings is 1. The Labute approximate surface area is 171 Å². The van der Waals surface area contributed by atoms with Crippen molar-refractivity contribution in [3.8, 4) is 11.3 Å². The molecule has 2 aromatic carbocycles. The van der Waals surface area contributed by atoms with Crippen LogP contribution in [0.4, 0.5) is 11.8 Å². The topological polar surface area (TPSA) is 61.4 Å². The van der Waals surface area contributed by atoms with E-state index in [9.17, 15) is 4.79 Å². The van der Waals surface area contributed by atoms with Gasteiger partial charge in [-0.05, 0) is 12.5 Å². The van der Waals surface area contributed by atoms with Crippen molar-refractivity contribution in [2.24, 2.45) is 0 Å². The summed E-state index contributed by atoms with van der Waals surface area (Å²) in [6.45, 7) is 5.63.